The zero-order valence-electron chi connectivity index (χ0n) is 15.9. The lowest BCUT2D eigenvalue weighted by atomic mass is 9.87. The van der Waals surface area contributed by atoms with Gasteiger partial charge in [0, 0.05) is 49.8 Å². The minimum Gasteiger partial charge on any atom is -0.351 e. The monoisotopic (exact) mass is 489 g/mol. The molecule has 2 aliphatic heterocycles. The van der Waals surface area contributed by atoms with E-state index in [4.69, 9.17) is 4.98 Å². The van der Waals surface area contributed by atoms with Gasteiger partial charge in [0.25, 0.3) is 0 Å². The van der Waals surface area contributed by atoms with Crippen molar-refractivity contribution >= 4 is 41.7 Å². The molecular weight excluding hydrogens is 457 g/mol. The Morgan fingerprint density at radius 3 is 2.85 bits per heavy atom. The topological polar surface area (TPSA) is 45.5 Å². The number of nitrogens with one attached hydrogen (secondary N) is 1. The molecule has 1 saturated heterocycles. The molecule has 146 valence electrons. The fraction of sp³-hybridized carbons (Fsp3) is 0.789. The van der Waals surface area contributed by atoms with Crippen molar-refractivity contribution < 1.29 is 0 Å². The fourth-order valence-corrected chi connectivity index (χ4v) is 6.15. The molecule has 1 aliphatic carbocycles. The largest absolute Gasteiger partial charge is 0.351 e. The molecule has 4 rings (SSSR count). The number of fused-ring (bicyclic) bond motifs is 1. The molecule has 5 nitrogen and oxygen atoms in total. The number of hydrogen-bond donors (Lipinski definition) is 1. The lowest BCUT2D eigenvalue weighted by Crippen LogP contribution is -2.53. The summed E-state index contributed by atoms with van der Waals surface area (Å²) in [5, 5.41) is 3.58. The van der Waals surface area contributed by atoms with Crippen LogP contribution in [0.4, 0.5) is 0 Å². The molecule has 0 unspecified atom stereocenters. The highest BCUT2D eigenvalue weighted by atomic mass is 127. The molecule has 0 bridgehead atoms. The number of guanidine groups is 1. The maximum Gasteiger partial charge on any atom is 0.194 e. The highest BCUT2D eigenvalue weighted by molar-refractivity contribution is 14.0. The summed E-state index contributed by atoms with van der Waals surface area (Å²) >= 11 is 2.21. The number of aromatic nitrogens is 2. The Kier molecular flexibility index (Phi) is 7.16. The van der Waals surface area contributed by atoms with Crippen molar-refractivity contribution in [3.63, 3.8) is 0 Å². The van der Waals surface area contributed by atoms with Crippen LogP contribution >= 0.6 is 35.7 Å². The van der Waals surface area contributed by atoms with Gasteiger partial charge in [0.1, 0.15) is 5.82 Å². The van der Waals surface area contributed by atoms with Crippen molar-refractivity contribution in [3.8, 4) is 0 Å². The number of halogens is 1. The second-order valence-corrected chi connectivity index (χ2v) is 9.28. The van der Waals surface area contributed by atoms with E-state index in [1.165, 1.54) is 56.5 Å². The lowest BCUT2D eigenvalue weighted by molar-refractivity contribution is 0.293. The maximum absolute atomic E-state index is 4.81. The Hall–Kier alpha value is -0.440. The molecule has 0 atom stereocenters. The molecular formula is C19H32IN5S. The molecule has 2 fully saturated rings. The van der Waals surface area contributed by atoms with Crippen molar-refractivity contribution in [1.82, 2.24) is 19.8 Å². The van der Waals surface area contributed by atoms with Gasteiger partial charge in [0.2, 0.25) is 0 Å². The average molecular weight is 489 g/mol. The van der Waals surface area contributed by atoms with Crippen molar-refractivity contribution in [3.05, 3.63) is 17.7 Å². The van der Waals surface area contributed by atoms with Gasteiger partial charge in [-0.1, -0.05) is 19.3 Å². The van der Waals surface area contributed by atoms with Crippen molar-refractivity contribution in [2.24, 2.45) is 4.99 Å². The predicted molar refractivity (Wildman–Crippen MR) is 121 cm³/mol. The van der Waals surface area contributed by atoms with Crippen LogP contribution in [0.5, 0.6) is 0 Å². The summed E-state index contributed by atoms with van der Waals surface area (Å²) < 4.78 is 2.81. The van der Waals surface area contributed by atoms with Crippen LogP contribution in [-0.2, 0) is 19.5 Å². The molecule has 3 aliphatic rings. The van der Waals surface area contributed by atoms with E-state index in [1.54, 1.807) is 0 Å². The first-order valence-corrected chi connectivity index (χ1v) is 10.9. The molecule has 1 spiro atoms. The van der Waals surface area contributed by atoms with Crippen LogP contribution in [-0.4, -0.2) is 51.0 Å². The maximum atomic E-state index is 4.81. The number of thioether (sulfide) groups is 1. The summed E-state index contributed by atoms with van der Waals surface area (Å²) in [6, 6.07) is 0. The number of nitrogens with zero attached hydrogens (tertiary/aromatic N) is 4. The number of imidazole rings is 1. The summed E-state index contributed by atoms with van der Waals surface area (Å²) in [5.74, 6) is 3.53. The summed E-state index contributed by atoms with van der Waals surface area (Å²) in [5.41, 5.74) is 1.15. The van der Waals surface area contributed by atoms with Crippen molar-refractivity contribution in [2.75, 3.05) is 25.9 Å². The van der Waals surface area contributed by atoms with Gasteiger partial charge < -0.3 is 14.8 Å². The van der Waals surface area contributed by atoms with Gasteiger partial charge in [-0.25, -0.2) is 4.98 Å². The molecule has 1 aromatic rings. The van der Waals surface area contributed by atoms with Crippen LogP contribution in [0.2, 0.25) is 0 Å². The second kappa shape index (κ2) is 9.17. The molecule has 0 radical (unpaired) electrons. The number of hydrogen-bond acceptors (Lipinski definition) is 3. The van der Waals surface area contributed by atoms with E-state index in [2.05, 4.69) is 37.7 Å². The quantitative estimate of drug-likeness (QED) is 0.391. The molecule has 1 aromatic heterocycles. The molecule has 0 aromatic carbocycles. The smallest absolute Gasteiger partial charge is 0.194 e. The van der Waals surface area contributed by atoms with E-state index in [1.807, 2.05) is 7.05 Å². The van der Waals surface area contributed by atoms with Crippen molar-refractivity contribution in [2.45, 2.75) is 69.2 Å². The van der Waals surface area contributed by atoms with E-state index < -0.39 is 0 Å². The van der Waals surface area contributed by atoms with Gasteiger partial charge in [0.15, 0.2) is 5.96 Å². The summed E-state index contributed by atoms with van der Waals surface area (Å²) in [6.45, 7) is 4.16. The second-order valence-electron chi connectivity index (χ2n) is 7.71. The molecule has 3 heterocycles. The van der Waals surface area contributed by atoms with Gasteiger partial charge in [-0.3, -0.25) is 4.99 Å². The van der Waals surface area contributed by atoms with E-state index >= 15 is 0 Å². The molecule has 0 amide bonds. The lowest BCUT2D eigenvalue weighted by Gasteiger charge is -2.45. The zero-order valence-corrected chi connectivity index (χ0v) is 19.0. The standard InChI is InChI=1S/C19H31N5S.HI/c1-20-18(21-13-16-14-23-10-6-3-7-17(23)22-16)24-11-12-25-19(15-24)8-4-2-5-9-19;/h14H,2-13,15H2,1H3,(H,20,21);1H. The molecule has 7 heteroatoms. The third-order valence-electron chi connectivity index (χ3n) is 5.91. The Labute approximate surface area is 178 Å². The number of aryl methyl sites for hydroxylation is 2. The highest BCUT2D eigenvalue weighted by Crippen LogP contribution is 2.42. The van der Waals surface area contributed by atoms with Crippen LogP contribution in [0.25, 0.3) is 0 Å². The summed E-state index contributed by atoms with van der Waals surface area (Å²) in [6.07, 6.45) is 12.9. The number of aliphatic imine (C=N–C) groups is 1. The van der Waals surface area contributed by atoms with Crippen LogP contribution in [0.3, 0.4) is 0 Å². The third-order valence-corrected chi connectivity index (χ3v) is 7.45. The van der Waals surface area contributed by atoms with Gasteiger partial charge in [-0.2, -0.15) is 11.8 Å². The Balaban J connectivity index is 0.00000196. The summed E-state index contributed by atoms with van der Waals surface area (Å²) in [7, 11) is 1.91. The SMILES string of the molecule is CN=C(NCc1cn2c(n1)CCCC2)N1CCSC2(CCCCC2)C1.I. The van der Waals surface area contributed by atoms with Gasteiger partial charge in [-0.15, -0.1) is 24.0 Å². The normalized spacial score (nSPS) is 22.7. The van der Waals surface area contributed by atoms with Crippen molar-refractivity contribution in [1.29, 1.82) is 0 Å². The van der Waals surface area contributed by atoms with E-state index in [-0.39, 0.29) is 24.0 Å². The molecule has 1 saturated carbocycles. The fourth-order valence-electron chi connectivity index (χ4n) is 4.58. The first-order valence-electron chi connectivity index (χ1n) is 9.92. The Morgan fingerprint density at radius 1 is 1.23 bits per heavy atom. The van der Waals surface area contributed by atoms with Gasteiger partial charge in [-0.05, 0) is 25.7 Å². The Morgan fingerprint density at radius 2 is 2.08 bits per heavy atom. The number of rotatable bonds is 2. The first kappa shape index (κ1) is 20.3. The minimum absolute atomic E-state index is 0. The predicted octanol–water partition coefficient (Wildman–Crippen LogP) is 3.66. The van der Waals surface area contributed by atoms with E-state index in [0.29, 0.717) is 4.75 Å². The summed E-state index contributed by atoms with van der Waals surface area (Å²) in [4.78, 5) is 11.9. The van der Waals surface area contributed by atoms with Crippen LogP contribution in [0.15, 0.2) is 11.2 Å². The van der Waals surface area contributed by atoms with Crippen LogP contribution < -0.4 is 5.32 Å². The van der Waals surface area contributed by atoms with Gasteiger partial charge >= 0.3 is 0 Å². The Bertz CT molecular complexity index is 594. The van der Waals surface area contributed by atoms with E-state index in [9.17, 15) is 0 Å². The van der Waals surface area contributed by atoms with Crippen LogP contribution in [0.1, 0.15) is 56.5 Å². The minimum atomic E-state index is 0. The average Bonchev–Trinajstić information content (AvgIpc) is 3.06. The molecule has 26 heavy (non-hydrogen) atoms. The van der Waals surface area contributed by atoms with Gasteiger partial charge in [0.05, 0.1) is 12.2 Å². The highest BCUT2D eigenvalue weighted by Gasteiger charge is 2.38. The third kappa shape index (κ3) is 4.51. The van der Waals surface area contributed by atoms with E-state index in [0.717, 1.165) is 44.3 Å². The first-order chi connectivity index (χ1) is 12.3. The van der Waals surface area contributed by atoms with Crippen LogP contribution in [0, 0.1) is 0 Å². The zero-order chi connectivity index (χ0) is 17.1. The molecule has 1 N–H and O–H groups in total.